The van der Waals surface area contributed by atoms with Gasteiger partial charge in [0, 0.05) is 0 Å². The van der Waals surface area contributed by atoms with E-state index in [2.05, 4.69) is 65.8 Å². The van der Waals surface area contributed by atoms with Gasteiger partial charge in [-0.05, 0) is 0 Å². The van der Waals surface area contributed by atoms with Crippen LogP contribution in [-0.2, 0) is 14.4 Å². The van der Waals surface area contributed by atoms with E-state index in [0.29, 0.717) is 0 Å². The molecule has 0 fully saturated rings. The number of rotatable bonds is 2. The molecular formula is C16H22Ni. The van der Waals surface area contributed by atoms with Crippen LogP contribution >= 0.6 is 0 Å². The SMILES string of the molecule is CC1=C[C](C)([Ni][C]2(C)C=C(C)C=C2C)C(C)=C1. The van der Waals surface area contributed by atoms with E-state index in [1.165, 1.54) is 22.3 Å². The zero-order valence-electron chi connectivity index (χ0n) is 11.6. The Labute approximate surface area is 111 Å². The summed E-state index contributed by atoms with van der Waals surface area (Å²) in [6, 6.07) is 0. The summed E-state index contributed by atoms with van der Waals surface area (Å²) >= 11 is 1.84. The van der Waals surface area contributed by atoms with Crippen molar-refractivity contribution in [2.75, 3.05) is 0 Å². The monoisotopic (exact) mass is 272 g/mol. The summed E-state index contributed by atoms with van der Waals surface area (Å²) in [4.78, 5) is 0. The van der Waals surface area contributed by atoms with Crippen LogP contribution in [0.25, 0.3) is 0 Å². The van der Waals surface area contributed by atoms with Gasteiger partial charge in [-0.2, -0.15) is 0 Å². The summed E-state index contributed by atoms with van der Waals surface area (Å²) < 4.78 is 0.337. The third-order valence-electron chi connectivity index (χ3n) is 3.69. The van der Waals surface area contributed by atoms with Gasteiger partial charge < -0.3 is 0 Å². The van der Waals surface area contributed by atoms with Crippen LogP contribution in [0.2, 0.25) is 8.77 Å². The molecule has 0 saturated heterocycles. The predicted octanol–water partition coefficient (Wildman–Crippen LogP) is 5.24. The Morgan fingerprint density at radius 3 is 1.35 bits per heavy atom. The van der Waals surface area contributed by atoms with Crippen LogP contribution in [0, 0.1) is 0 Å². The average Bonchev–Trinajstić information content (AvgIpc) is 2.51. The maximum absolute atomic E-state index is 2.41. The van der Waals surface area contributed by atoms with Gasteiger partial charge in [-0.15, -0.1) is 0 Å². The van der Waals surface area contributed by atoms with Crippen molar-refractivity contribution < 1.29 is 14.4 Å². The first-order valence-electron chi connectivity index (χ1n) is 6.13. The van der Waals surface area contributed by atoms with Gasteiger partial charge in [-0.25, -0.2) is 0 Å². The summed E-state index contributed by atoms with van der Waals surface area (Å²) in [6.07, 6.45) is 9.43. The van der Waals surface area contributed by atoms with Crippen LogP contribution in [0.1, 0.15) is 41.5 Å². The van der Waals surface area contributed by atoms with E-state index < -0.39 is 0 Å². The molecule has 0 aromatic rings. The second kappa shape index (κ2) is 3.99. The fourth-order valence-electron chi connectivity index (χ4n) is 2.61. The molecule has 0 aliphatic heterocycles. The fraction of sp³-hybridized carbons (Fsp3) is 0.500. The molecule has 0 bridgehead atoms. The van der Waals surface area contributed by atoms with Gasteiger partial charge in [0.25, 0.3) is 0 Å². The van der Waals surface area contributed by atoms with Gasteiger partial charge in [-0.3, -0.25) is 0 Å². The molecule has 0 aromatic carbocycles. The third kappa shape index (κ3) is 2.23. The Bertz CT molecular complexity index is 432. The van der Waals surface area contributed by atoms with E-state index in [-0.39, 0.29) is 8.77 Å². The van der Waals surface area contributed by atoms with Crippen LogP contribution in [0.3, 0.4) is 0 Å². The van der Waals surface area contributed by atoms with Crippen molar-refractivity contribution in [1.29, 1.82) is 0 Å². The van der Waals surface area contributed by atoms with Crippen LogP contribution in [-0.4, -0.2) is 0 Å². The molecular weight excluding hydrogens is 251 g/mol. The summed E-state index contributed by atoms with van der Waals surface area (Å²) in [5.74, 6) is 0. The first-order valence-corrected chi connectivity index (χ1v) is 7.11. The van der Waals surface area contributed by atoms with Gasteiger partial charge in [0.15, 0.2) is 0 Å². The first-order chi connectivity index (χ1) is 7.75. The average molecular weight is 273 g/mol. The zero-order chi connectivity index (χ0) is 12.8. The topological polar surface area (TPSA) is 0 Å². The predicted molar refractivity (Wildman–Crippen MR) is 71.8 cm³/mol. The molecule has 2 aliphatic rings. The van der Waals surface area contributed by atoms with Gasteiger partial charge in [0.2, 0.25) is 0 Å². The molecule has 0 saturated carbocycles. The molecule has 0 radical (unpaired) electrons. The van der Waals surface area contributed by atoms with Gasteiger partial charge in [0.05, 0.1) is 0 Å². The molecule has 2 atom stereocenters. The minimum absolute atomic E-state index is 0.169. The van der Waals surface area contributed by atoms with Crippen LogP contribution in [0.15, 0.2) is 46.6 Å². The van der Waals surface area contributed by atoms with E-state index in [0.717, 1.165) is 0 Å². The fourth-order valence-corrected chi connectivity index (χ4v) is 4.80. The molecule has 1 heteroatoms. The molecule has 96 valence electrons. The van der Waals surface area contributed by atoms with Crippen LogP contribution < -0.4 is 0 Å². The molecule has 0 N–H and O–H groups in total. The Balaban J connectivity index is 2.30. The van der Waals surface area contributed by atoms with E-state index in [1.54, 1.807) is 0 Å². The zero-order valence-corrected chi connectivity index (χ0v) is 12.6. The summed E-state index contributed by atoms with van der Waals surface area (Å²) in [6.45, 7) is 13.6. The molecule has 2 aliphatic carbocycles. The third-order valence-corrected chi connectivity index (χ3v) is 5.78. The van der Waals surface area contributed by atoms with Crippen molar-refractivity contribution in [1.82, 2.24) is 0 Å². The molecule has 0 aromatic heterocycles. The van der Waals surface area contributed by atoms with Crippen molar-refractivity contribution >= 4 is 0 Å². The summed E-state index contributed by atoms with van der Waals surface area (Å²) in [7, 11) is 0. The van der Waals surface area contributed by atoms with Crippen molar-refractivity contribution in [2.45, 2.75) is 50.3 Å². The standard InChI is InChI=1S/2C8H11.Ni/c2*1-6-4-7(2)8(3)5-6;/h2*4-5H,1-3H3;. The van der Waals surface area contributed by atoms with E-state index in [4.69, 9.17) is 0 Å². The van der Waals surface area contributed by atoms with Crippen molar-refractivity contribution in [3.63, 3.8) is 0 Å². The molecule has 0 nitrogen and oxygen atoms in total. The van der Waals surface area contributed by atoms with E-state index >= 15 is 0 Å². The van der Waals surface area contributed by atoms with Crippen LogP contribution in [0.5, 0.6) is 0 Å². The second-order valence-electron chi connectivity index (χ2n) is 5.53. The quantitative estimate of drug-likeness (QED) is 0.603. The van der Waals surface area contributed by atoms with Crippen molar-refractivity contribution in [2.24, 2.45) is 0 Å². The molecule has 2 rings (SSSR count). The second-order valence-corrected chi connectivity index (χ2v) is 7.83. The van der Waals surface area contributed by atoms with Crippen molar-refractivity contribution in [3.8, 4) is 0 Å². The molecule has 2 unspecified atom stereocenters. The van der Waals surface area contributed by atoms with E-state index in [1.807, 2.05) is 14.4 Å². The summed E-state index contributed by atoms with van der Waals surface area (Å²) in [5.41, 5.74) is 5.74. The number of allylic oxidation sites excluding steroid dienone is 8. The Kier molecular flexibility index (Phi) is 3.03. The first kappa shape index (κ1) is 12.9. The Hall–Kier alpha value is -0.546. The van der Waals surface area contributed by atoms with Crippen molar-refractivity contribution in [3.05, 3.63) is 46.6 Å². The summed E-state index contributed by atoms with van der Waals surface area (Å²) in [5, 5.41) is 0. The van der Waals surface area contributed by atoms with Gasteiger partial charge in [0.1, 0.15) is 0 Å². The molecule has 0 spiro atoms. The van der Waals surface area contributed by atoms with Gasteiger partial charge >= 0.3 is 111 Å². The minimum atomic E-state index is 0.169. The Morgan fingerprint density at radius 2 is 1.12 bits per heavy atom. The van der Waals surface area contributed by atoms with Gasteiger partial charge in [-0.1, -0.05) is 0 Å². The van der Waals surface area contributed by atoms with E-state index in [9.17, 15) is 0 Å². The normalized spacial score (nSPS) is 36.8. The molecule has 0 heterocycles. The number of hydrogen-bond acceptors (Lipinski definition) is 0. The number of hydrogen-bond donors (Lipinski definition) is 0. The molecule has 0 amide bonds. The van der Waals surface area contributed by atoms with Crippen LogP contribution in [0.4, 0.5) is 0 Å². The maximum atomic E-state index is 2.41. The Morgan fingerprint density at radius 1 is 0.765 bits per heavy atom. The molecule has 17 heavy (non-hydrogen) atoms.